The summed E-state index contributed by atoms with van der Waals surface area (Å²) in [6.07, 6.45) is 1.74. The Bertz CT molecular complexity index is 1160. The summed E-state index contributed by atoms with van der Waals surface area (Å²) in [5.74, 6) is 0. The van der Waals surface area contributed by atoms with Crippen molar-refractivity contribution in [1.82, 2.24) is 4.40 Å². The van der Waals surface area contributed by atoms with Crippen LogP contribution in [-0.4, -0.2) is 9.32 Å². The highest BCUT2D eigenvalue weighted by Crippen LogP contribution is 2.14. The fraction of sp³-hybridized carbons (Fsp3) is 0. The van der Waals surface area contributed by atoms with E-state index >= 15 is 0 Å². The fourth-order valence-corrected chi connectivity index (χ4v) is 3.54. The normalized spacial score (nSPS) is 12.3. The zero-order chi connectivity index (χ0) is 16.0. The predicted molar refractivity (Wildman–Crippen MR) is 87.5 cm³/mol. The van der Waals surface area contributed by atoms with Gasteiger partial charge in [0.2, 0.25) is 0 Å². The molecule has 0 atom stereocenters. The molecule has 112 valence electrons. The number of para-hydroxylation sites is 2. The average molecular weight is 324 g/mol. The molecule has 6 nitrogen and oxygen atoms in total. The monoisotopic (exact) mass is 324 g/mol. The third-order valence-electron chi connectivity index (χ3n) is 3.61. The van der Waals surface area contributed by atoms with Gasteiger partial charge in [0, 0.05) is 12.1 Å². The van der Waals surface area contributed by atoms with Crippen LogP contribution < -0.4 is 15.1 Å². The third kappa shape index (κ3) is 2.18. The van der Waals surface area contributed by atoms with E-state index in [0.29, 0.717) is 4.53 Å². The quantitative estimate of drug-likeness (QED) is 0.416. The number of imidazole rings is 1. The number of nitro groups is 1. The van der Waals surface area contributed by atoms with Crippen molar-refractivity contribution in [2.75, 3.05) is 0 Å². The van der Waals surface area contributed by atoms with E-state index in [4.69, 9.17) is 0 Å². The molecule has 4 aromatic rings. The molecule has 0 fully saturated rings. The Morgan fingerprint density at radius 1 is 1.13 bits per heavy atom. The van der Waals surface area contributed by atoms with Crippen LogP contribution in [-0.2, 0) is 0 Å². The molecule has 0 aliphatic rings. The fourth-order valence-electron chi connectivity index (χ4n) is 2.52. The maximum atomic E-state index is 12.6. The minimum atomic E-state index is -0.445. The summed E-state index contributed by atoms with van der Waals surface area (Å²) in [4.78, 5) is 26.8. The molecule has 0 saturated heterocycles. The largest absolute Gasteiger partial charge is 0.357 e. The number of nitrogens with zero attached hydrogens (tertiary/aromatic N) is 2. The number of fused-ring (bicyclic) bond motifs is 3. The first kappa shape index (κ1) is 13.6. The number of nitro benzene ring substituents is 1. The van der Waals surface area contributed by atoms with E-state index in [0.717, 1.165) is 21.6 Å². The number of nitrogens with one attached hydrogen (secondary N) is 1. The Kier molecular flexibility index (Phi) is 2.95. The van der Waals surface area contributed by atoms with E-state index in [1.54, 1.807) is 22.6 Å². The van der Waals surface area contributed by atoms with Crippen LogP contribution in [0.15, 0.2) is 53.3 Å². The molecule has 2 aromatic heterocycles. The molecular formula is C16H10N3O3S+. The molecule has 0 bridgehead atoms. The van der Waals surface area contributed by atoms with Crippen molar-refractivity contribution in [2.45, 2.75) is 0 Å². The Labute approximate surface area is 133 Å². The van der Waals surface area contributed by atoms with Crippen LogP contribution in [0.3, 0.4) is 0 Å². The van der Waals surface area contributed by atoms with Gasteiger partial charge in [-0.25, -0.2) is 9.78 Å². The lowest BCUT2D eigenvalue weighted by Crippen LogP contribution is -2.22. The SMILES string of the molecule is O=c1c(=Cc2ccc([N+](=O)[O-])cc2)sc2[nH+]c3ccccc3n12. The van der Waals surface area contributed by atoms with Crippen molar-refractivity contribution in [3.63, 3.8) is 0 Å². The van der Waals surface area contributed by atoms with Crippen molar-refractivity contribution < 1.29 is 9.91 Å². The summed E-state index contributed by atoms with van der Waals surface area (Å²) in [6, 6.07) is 13.7. The van der Waals surface area contributed by atoms with Gasteiger partial charge in [0.25, 0.3) is 5.69 Å². The highest BCUT2D eigenvalue weighted by molar-refractivity contribution is 7.14. The van der Waals surface area contributed by atoms with Crippen LogP contribution in [0.25, 0.3) is 22.1 Å². The number of thiazole rings is 1. The van der Waals surface area contributed by atoms with E-state index in [-0.39, 0.29) is 11.2 Å². The Hall–Kier alpha value is -3.06. The molecule has 0 amide bonds. The van der Waals surface area contributed by atoms with Crippen molar-refractivity contribution in [3.05, 3.63) is 79.1 Å². The molecule has 7 heteroatoms. The minimum Gasteiger partial charge on any atom is -0.258 e. The average Bonchev–Trinajstić information content (AvgIpc) is 3.05. The first-order chi connectivity index (χ1) is 11.1. The number of aromatic nitrogens is 2. The smallest absolute Gasteiger partial charge is 0.258 e. The van der Waals surface area contributed by atoms with Gasteiger partial charge in [-0.3, -0.25) is 10.1 Å². The molecule has 0 radical (unpaired) electrons. The predicted octanol–water partition coefficient (Wildman–Crippen LogP) is 1.78. The zero-order valence-corrected chi connectivity index (χ0v) is 12.5. The molecule has 0 aliphatic carbocycles. The first-order valence-electron chi connectivity index (χ1n) is 6.85. The Morgan fingerprint density at radius 3 is 2.61 bits per heavy atom. The van der Waals surface area contributed by atoms with Gasteiger partial charge >= 0.3 is 10.5 Å². The molecule has 2 heterocycles. The van der Waals surface area contributed by atoms with E-state index in [1.165, 1.54) is 23.5 Å². The number of hydrogen-bond donors (Lipinski definition) is 0. The van der Waals surface area contributed by atoms with Crippen LogP contribution in [0.5, 0.6) is 0 Å². The Balaban J connectivity index is 1.90. The van der Waals surface area contributed by atoms with Crippen LogP contribution in [0.2, 0.25) is 0 Å². The third-order valence-corrected chi connectivity index (χ3v) is 4.60. The second-order valence-electron chi connectivity index (χ2n) is 5.05. The summed E-state index contributed by atoms with van der Waals surface area (Å²) in [6.45, 7) is 0. The molecule has 4 rings (SSSR count). The first-order valence-corrected chi connectivity index (χ1v) is 7.66. The second-order valence-corrected chi connectivity index (χ2v) is 6.08. The summed E-state index contributed by atoms with van der Waals surface area (Å²) < 4.78 is 2.23. The highest BCUT2D eigenvalue weighted by Gasteiger charge is 2.18. The van der Waals surface area contributed by atoms with Crippen LogP contribution in [0.1, 0.15) is 5.56 Å². The summed E-state index contributed by atoms with van der Waals surface area (Å²) >= 11 is 1.36. The number of aromatic amines is 1. The van der Waals surface area contributed by atoms with Crippen molar-refractivity contribution in [3.8, 4) is 0 Å². The lowest BCUT2D eigenvalue weighted by molar-refractivity contribution is -0.384. The summed E-state index contributed by atoms with van der Waals surface area (Å²) in [5.41, 5.74) is 2.44. The van der Waals surface area contributed by atoms with Crippen LogP contribution in [0, 0.1) is 10.1 Å². The standard InChI is InChI=1S/C16H9N3O3S/c20-15-14(9-10-5-7-11(8-6-10)19(21)22)23-16-17-12-3-1-2-4-13(12)18(15)16/h1-9H/p+1. The molecule has 0 spiro atoms. The van der Waals surface area contributed by atoms with Crippen LogP contribution in [0.4, 0.5) is 5.69 Å². The van der Waals surface area contributed by atoms with E-state index in [9.17, 15) is 14.9 Å². The summed E-state index contributed by atoms with van der Waals surface area (Å²) in [7, 11) is 0. The lowest BCUT2D eigenvalue weighted by atomic mass is 10.2. The molecule has 23 heavy (non-hydrogen) atoms. The van der Waals surface area contributed by atoms with Gasteiger partial charge in [0.1, 0.15) is 4.53 Å². The summed E-state index contributed by atoms with van der Waals surface area (Å²) in [5, 5.41) is 10.7. The van der Waals surface area contributed by atoms with Crippen molar-refractivity contribution >= 4 is 39.1 Å². The van der Waals surface area contributed by atoms with E-state index < -0.39 is 4.92 Å². The second kappa shape index (κ2) is 4.99. The highest BCUT2D eigenvalue weighted by atomic mass is 32.1. The van der Waals surface area contributed by atoms with Gasteiger partial charge in [-0.15, -0.1) is 4.40 Å². The number of non-ortho nitro benzene ring substituents is 1. The molecule has 1 N–H and O–H groups in total. The van der Waals surface area contributed by atoms with Crippen molar-refractivity contribution in [1.29, 1.82) is 0 Å². The molecule has 0 saturated carbocycles. The van der Waals surface area contributed by atoms with E-state index in [2.05, 4.69) is 4.98 Å². The number of H-pyrrole nitrogens is 1. The maximum absolute atomic E-state index is 12.6. The van der Waals surface area contributed by atoms with Gasteiger partial charge in [-0.2, -0.15) is 0 Å². The topological polar surface area (TPSA) is 78.8 Å². The van der Waals surface area contributed by atoms with Crippen molar-refractivity contribution in [2.24, 2.45) is 0 Å². The number of rotatable bonds is 2. The van der Waals surface area contributed by atoms with Gasteiger partial charge in [-0.05, 0) is 47.2 Å². The lowest BCUT2D eigenvalue weighted by Gasteiger charge is -1.91. The molecule has 0 aliphatic heterocycles. The van der Waals surface area contributed by atoms with E-state index in [1.807, 2.05) is 24.3 Å². The number of hydrogen-bond acceptors (Lipinski definition) is 4. The molecular weight excluding hydrogens is 314 g/mol. The van der Waals surface area contributed by atoms with Gasteiger partial charge in [-0.1, -0.05) is 12.1 Å². The minimum absolute atomic E-state index is 0.0307. The van der Waals surface area contributed by atoms with Crippen LogP contribution >= 0.6 is 11.3 Å². The number of benzene rings is 2. The van der Waals surface area contributed by atoms with Gasteiger partial charge in [0.05, 0.1) is 4.92 Å². The molecule has 2 aromatic carbocycles. The molecule has 0 unspecified atom stereocenters. The van der Waals surface area contributed by atoms with Gasteiger partial charge in [0.15, 0.2) is 11.0 Å². The zero-order valence-electron chi connectivity index (χ0n) is 11.7. The Morgan fingerprint density at radius 2 is 1.87 bits per heavy atom. The maximum Gasteiger partial charge on any atom is 0.357 e. The van der Waals surface area contributed by atoms with Gasteiger partial charge < -0.3 is 0 Å².